The highest BCUT2D eigenvalue weighted by atomic mass is 32.1. The Morgan fingerprint density at radius 2 is 2.00 bits per heavy atom. The Morgan fingerprint density at radius 1 is 1.24 bits per heavy atom. The maximum absolute atomic E-state index is 4.31. The molecule has 1 aromatic heterocycles. The minimum absolute atomic E-state index is 0.677. The van der Waals surface area contributed by atoms with Gasteiger partial charge >= 0.3 is 0 Å². The van der Waals surface area contributed by atoms with Crippen LogP contribution in [-0.2, 0) is 0 Å². The van der Waals surface area contributed by atoms with E-state index in [0.29, 0.717) is 6.04 Å². The van der Waals surface area contributed by atoms with Crippen LogP contribution in [0.4, 0.5) is 5.69 Å². The number of nitrogens with zero attached hydrogens (tertiary/aromatic N) is 1. The number of nitrogens with one attached hydrogen (secondary N) is 1. The Balaban J connectivity index is 1.68. The fraction of sp³-hybridized carbons (Fsp3) is 0.357. The SMILES string of the molecule is CC1CC(Nc2ccc(-c3nccs3)cc2)C1. The molecule has 0 aliphatic heterocycles. The molecular formula is C14H16N2S. The smallest absolute Gasteiger partial charge is 0.123 e. The first-order valence-corrected chi connectivity index (χ1v) is 6.96. The van der Waals surface area contributed by atoms with Crippen molar-refractivity contribution in [1.82, 2.24) is 4.98 Å². The van der Waals surface area contributed by atoms with Gasteiger partial charge in [-0.25, -0.2) is 4.98 Å². The first-order valence-electron chi connectivity index (χ1n) is 6.08. The molecule has 88 valence electrons. The third kappa shape index (κ3) is 2.34. The molecule has 1 N–H and O–H groups in total. The van der Waals surface area contributed by atoms with Crippen LogP contribution in [-0.4, -0.2) is 11.0 Å². The second kappa shape index (κ2) is 4.49. The van der Waals surface area contributed by atoms with E-state index in [2.05, 4.69) is 41.5 Å². The number of aromatic nitrogens is 1. The van der Waals surface area contributed by atoms with E-state index in [1.165, 1.54) is 24.1 Å². The maximum atomic E-state index is 4.31. The Hall–Kier alpha value is -1.35. The zero-order valence-corrected chi connectivity index (χ0v) is 10.7. The van der Waals surface area contributed by atoms with Gasteiger partial charge in [0, 0.05) is 28.9 Å². The predicted molar refractivity (Wildman–Crippen MR) is 73.4 cm³/mol. The molecule has 0 unspecified atom stereocenters. The Labute approximate surface area is 106 Å². The quantitative estimate of drug-likeness (QED) is 0.882. The van der Waals surface area contributed by atoms with E-state index >= 15 is 0 Å². The molecule has 0 atom stereocenters. The average molecular weight is 244 g/mol. The van der Waals surface area contributed by atoms with E-state index in [-0.39, 0.29) is 0 Å². The van der Waals surface area contributed by atoms with Crippen LogP contribution in [0.5, 0.6) is 0 Å². The number of thiazole rings is 1. The van der Waals surface area contributed by atoms with Crippen molar-refractivity contribution in [1.29, 1.82) is 0 Å². The summed E-state index contributed by atoms with van der Waals surface area (Å²) in [5, 5.41) is 6.67. The van der Waals surface area contributed by atoms with Gasteiger partial charge in [0.05, 0.1) is 0 Å². The van der Waals surface area contributed by atoms with Crippen LogP contribution < -0.4 is 5.32 Å². The monoisotopic (exact) mass is 244 g/mol. The van der Waals surface area contributed by atoms with Crippen molar-refractivity contribution in [2.45, 2.75) is 25.8 Å². The summed E-state index contributed by atoms with van der Waals surface area (Å²) < 4.78 is 0. The number of hydrogen-bond donors (Lipinski definition) is 1. The molecule has 1 saturated carbocycles. The summed E-state index contributed by atoms with van der Waals surface area (Å²) in [6, 6.07) is 9.27. The largest absolute Gasteiger partial charge is 0.382 e. The van der Waals surface area contributed by atoms with Crippen LogP contribution in [0.2, 0.25) is 0 Å². The third-order valence-corrected chi connectivity index (χ3v) is 4.13. The van der Waals surface area contributed by atoms with E-state index < -0.39 is 0 Å². The molecule has 17 heavy (non-hydrogen) atoms. The summed E-state index contributed by atoms with van der Waals surface area (Å²) in [6.07, 6.45) is 4.45. The maximum Gasteiger partial charge on any atom is 0.123 e. The van der Waals surface area contributed by atoms with E-state index in [9.17, 15) is 0 Å². The highest BCUT2D eigenvalue weighted by Gasteiger charge is 2.24. The summed E-state index contributed by atoms with van der Waals surface area (Å²) in [5.74, 6) is 0.891. The molecule has 0 spiro atoms. The van der Waals surface area contributed by atoms with Crippen LogP contribution in [0.15, 0.2) is 35.8 Å². The van der Waals surface area contributed by atoms with E-state index in [4.69, 9.17) is 0 Å². The van der Waals surface area contributed by atoms with Gasteiger partial charge in [0.2, 0.25) is 0 Å². The van der Waals surface area contributed by atoms with Crippen LogP contribution in [0.3, 0.4) is 0 Å². The van der Waals surface area contributed by atoms with Crippen LogP contribution >= 0.6 is 11.3 Å². The first-order chi connectivity index (χ1) is 8.31. The highest BCUT2D eigenvalue weighted by molar-refractivity contribution is 7.13. The number of anilines is 1. The van der Waals surface area contributed by atoms with Gasteiger partial charge in [-0.15, -0.1) is 11.3 Å². The summed E-state index contributed by atoms with van der Waals surface area (Å²) in [4.78, 5) is 4.31. The van der Waals surface area contributed by atoms with Crippen molar-refractivity contribution in [3.63, 3.8) is 0 Å². The lowest BCUT2D eigenvalue weighted by molar-refractivity contribution is 0.309. The molecule has 1 aliphatic rings. The van der Waals surface area contributed by atoms with Crippen molar-refractivity contribution >= 4 is 17.0 Å². The molecule has 2 nitrogen and oxygen atoms in total. The molecule has 1 aromatic carbocycles. The summed E-state index contributed by atoms with van der Waals surface area (Å²) in [5.41, 5.74) is 2.43. The van der Waals surface area contributed by atoms with Gasteiger partial charge in [0.25, 0.3) is 0 Å². The normalized spacial score (nSPS) is 23.1. The Bertz CT molecular complexity index is 469. The first kappa shape index (κ1) is 10.8. The van der Waals surface area contributed by atoms with Gasteiger partial charge < -0.3 is 5.32 Å². The molecule has 0 bridgehead atoms. The molecule has 2 aromatic rings. The minimum Gasteiger partial charge on any atom is -0.382 e. The van der Waals surface area contributed by atoms with Crippen molar-refractivity contribution in [3.8, 4) is 10.6 Å². The fourth-order valence-electron chi connectivity index (χ4n) is 2.33. The fourth-order valence-corrected chi connectivity index (χ4v) is 2.98. The summed E-state index contributed by atoms with van der Waals surface area (Å²) in [7, 11) is 0. The lowest BCUT2D eigenvalue weighted by Crippen LogP contribution is -2.33. The minimum atomic E-state index is 0.677. The average Bonchev–Trinajstić information content (AvgIpc) is 2.81. The molecule has 1 fully saturated rings. The van der Waals surface area contributed by atoms with Crippen molar-refractivity contribution in [2.75, 3.05) is 5.32 Å². The van der Waals surface area contributed by atoms with Crippen LogP contribution in [0.25, 0.3) is 10.6 Å². The number of benzene rings is 1. The number of rotatable bonds is 3. The van der Waals surface area contributed by atoms with Gasteiger partial charge in [-0.05, 0) is 43.0 Å². The lowest BCUT2D eigenvalue weighted by Gasteiger charge is -2.34. The molecule has 0 radical (unpaired) electrons. The molecule has 0 saturated heterocycles. The Morgan fingerprint density at radius 3 is 2.59 bits per heavy atom. The standard InChI is InChI=1S/C14H16N2S/c1-10-8-13(9-10)16-12-4-2-11(3-5-12)14-15-6-7-17-14/h2-7,10,13,16H,8-9H2,1H3. The molecule has 3 heteroatoms. The summed E-state index contributed by atoms with van der Waals surface area (Å²) >= 11 is 1.68. The molecule has 3 rings (SSSR count). The molecule has 1 heterocycles. The Kier molecular flexibility index (Phi) is 2.85. The van der Waals surface area contributed by atoms with Crippen LogP contribution in [0.1, 0.15) is 19.8 Å². The topological polar surface area (TPSA) is 24.9 Å². The lowest BCUT2D eigenvalue weighted by atomic mass is 9.82. The van der Waals surface area contributed by atoms with Crippen molar-refractivity contribution in [2.24, 2.45) is 5.92 Å². The van der Waals surface area contributed by atoms with Crippen LogP contribution in [0, 0.1) is 5.92 Å². The zero-order chi connectivity index (χ0) is 11.7. The second-order valence-corrected chi connectivity index (χ2v) is 5.73. The third-order valence-electron chi connectivity index (χ3n) is 3.31. The number of hydrogen-bond acceptors (Lipinski definition) is 3. The highest BCUT2D eigenvalue weighted by Crippen LogP contribution is 2.30. The summed E-state index contributed by atoms with van der Waals surface area (Å²) in [6.45, 7) is 2.31. The van der Waals surface area contributed by atoms with E-state index in [1.54, 1.807) is 11.3 Å². The van der Waals surface area contributed by atoms with Crippen molar-refractivity contribution in [3.05, 3.63) is 35.8 Å². The van der Waals surface area contributed by atoms with Gasteiger partial charge in [-0.1, -0.05) is 6.92 Å². The zero-order valence-electron chi connectivity index (χ0n) is 9.89. The predicted octanol–water partition coefficient (Wildman–Crippen LogP) is 4.02. The molecule has 1 aliphatic carbocycles. The molecular weight excluding hydrogens is 228 g/mol. The van der Waals surface area contributed by atoms with E-state index in [1.807, 2.05) is 11.6 Å². The van der Waals surface area contributed by atoms with Gasteiger partial charge in [0.15, 0.2) is 0 Å². The van der Waals surface area contributed by atoms with Gasteiger partial charge in [-0.2, -0.15) is 0 Å². The second-order valence-electron chi connectivity index (χ2n) is 4.83. The van der Waals surface area contributed by atoms with Gasteiger partial charge in [-0.3, -0.25) is 0 Å². The van der Waals surface area contributed by atoms with E-state index in [0.717, 1.165) is 10.9 Å². The van der Waals surface area contributed by atoms with Gasteiger partial charge in [0.1, 0.15) is 5.01 Å². The van der Waals surface area contributed by atoms with Crippen molar-refractivity contribution < 1.29 is 0 Å². The molecule has 0 amide bonds.